The summed E-state index contributed by atoms with van der Waals surface area (Å²) in [5, 5.41) is 0. The second-order valence-corrected chi connectivity index (χ2v) is 4.08. The summed E-state index contributed by atoms with van der Waals surface area (Å²) in [7, 11) is 0. The molecule has 17 heavy (non-hydrogen) atoms. The molecule has 3 aromatic rings. The Morgan fingerprint density at radius 2 is 1.71 bits per heavy atom. The van der Waals surface area contributed by atoms with Gasteiger partial charge < -0.3 is 10.1 Å². The SMILES string of the molecule is NCc1c(-c2ccccc2)cn2ccccc12. The zero-order chi connectivity index (χ0) is 11.7. The van der Waals surface area contributed by atoms with Gasteiger partial charge in [0.15, 0.2) is 0 Å². The number of hydrogen-bond donors (Lipinski definition) is 1. The summed E-state index contributed by atoms with van der Waals surface area (Å²) in [6, 6.07) is 16.6. The third-order valence-corrected chi connectivity index (χ3v) is 3.08. The smallest absolute Gasteiger partial charge is 0.0501 e. The van der Waals surface area contributed by atoms with Gasteiger partial charge in [-0.3, -0.25) is 0 Å². The Morgan fingerprint density at radius 1 is 0.941 bits per heavy atom. The van der Waals surface area contributed by atoms with Crippen LogP contribution in [0.15, 0.2) is 60.9 Å². The third-order valence-electron chi connectivity index (χ3n) is 3.08. The Hall–Kier alpha value is -2.06. The van der Waals surface area contributed by atoms with Crippen molar-refractivity contribution in [1.82, 2.24) is 4.40 Å². The van der Waals surface area contributed by atoms with Crippen molar-refractivity contribution >= 4 is 5.52 Å². The number of nitrogens with two attached hydrogens (primary N) is 1. The fourth-order valence-corrected chi connectivity index (χ4v) is 2.26. The van der Waals surface area contributed by atoms with Gasteiger partial charge in [0, 0.05) is 24.5 Å². The van der Waals surface area contributed by atoms with Gasteiger partial charge in [0.05, 0.1) is 5.52 Å². The van der Waals surface area contributed by atoms with Crippen molar-refractivity contribution in [1.29, 1.82) is 0 Å². The molecule has 2 nitrogen and oxygen atoms in total. The molecule has 0 radical (unpaired) electrons. The molecule has 0 aliphatic carbocycles. The van der Waals surface area contributed by atoms with Gasteiger partial charge in [-0.2, -0.15) is 0 Å². The van der Waals surface area contributed by atoms with Crippen molar-refractivity contribution in [2.24, 2.45) is 5.73 Å². The van der Waals surface area contributed by atoms with E-state index in [1.807, 2.05) is 18.2 Å². The molecule has 0 atom stereocenters. The number of benzene rings is 1. The minimum absolute atomic E-state index is 0.560. The summed E-state index contributed by atoms with van der Waals surface area (Å²) in [6.07, 6.45) is 4.20. The van der Waals surface area contributed by atoms with Crippen LogP contribution in [0.4, 0.5) is 0 Å². The summed E-state index contributed by atoms with van der Waals surface area (Å²) in [5.74, 6) is 0. The first kappa shape index (κ1) is 10.1. The molecule has 0 unspecified atom stereocenters. The number of fused-ring (bicyclic) bond motifs is 1. The second kappa shape index (κ2) is 4.07. The van der Waals surface area contributed by atoms with Crippen molar-refractivity contribution in [3.63, 3.8) is 0 Å². The molecule has 0 saturated heterocycles. The first-order valence-corrected chi connectivity index (χ1v) is 5.74. The third kappa shape index (κ3) is 1.63. The van der Waals surface area contributed by atoms with Crippen molar-refractivity contribution in [2.75, 3.05) is 0 Å². The number of pyridine rings is 1. The molecule has 0 spiro atoms. The molecule has 2 aromatic heterocycles. The normalized spacial score (nSPS) is 10.9. The summed E-state index contributed by atoms with van der Waals surface area (Å²) in [5.41, 5.74) is 10.7. The highest BCUT2D eigenvalue weighted by molar-refractivity contribution is 5.76. The minimum Gasteiger partial charge on any atom is -0.326 e. The van der Waals surface area contributed by atoms with Gasteiger partial charge in [-0.1, -0.05) is 36.4 Å². The van der Waals surface area contributed by atoms with Crippen LogP contribution >= 0.6 is 0 Å². The van der Waals surface area contributed by atoms with E-state index in [2.05, 4.69) is 47.1 Å². The lowest BCUT2D eigenvalue weighted by Gasteiger charge is -2.01. The van der Waals surface area contributed by atoms with Crippen molar-refractivity contribution in [3.8, 4) is 11.1 Å². The number of nitrogens with zero attached hydrogens (tertiary/aromatic N) is 1. The quantitative estimate of drug-likeness (QED) is 0.709. The van der Waals surface area contributed by atoms with Gasteiger partial charge in [0.2, 0.25) is 0 Å². The van der Waals surface area contributed by atoms with Gasteiger partial charge >= 0.3 is 0 Å². The molecular weight excluding hydrogens is 208 g/mol. The van der Waals surface area contributed by atoms with Crippen molar-refractivity contribution < 1.29 is 0 Å². The van der Waals surface area contributed by atoms with E-state index in [0.717, 1.165) is 0 Å². The summed E-state index contributed by atoms with van der Waals surface area (Å²) >= 11 is 0. The zero-order valence-electron chi connectivity index (χ0n) is 9.51. The lowest BCUT2D eigenvalue weighted by atomic mass is 10.0. The maximum Gasteiger partial charge on any atom is 0.0501 e. The summed E-state index contributed by atoms with van der Waals surface area (Å²) in [6.45, 7) is 0.560. The first-order valence-electron chi connectivity index (χ1n) is 5.74. The highest BCUT2D eigenvalue weighted by Crippen LogP contribution is 2.28. The molecule has 0 bridgehead atoms. The number of rotatable bonds is 2. The molecule has 0 aliphatic heterocycles. The Morgan fingerprint density at radius 3 is 2.47 bits per heavy atom. The Bertz CT molecular complexity index is 638. The highest BCUT2D eigenvalue weighted by atomic mass is 14.9. The highest BCUT2D eigenvalue weighted by Gasteiger charge is 2.09. The van der Waals surface area contributed by atoms with Crippen LogP contribution in [0.3, 0.4) is 0 Å². The van der Waals surface area contributed by atoms with Crippen LogP contribution in [0.1, 0.15) is 5.56 Å². The average molecular weight is 222 g/mol. The predicted octanol–water partition coefficient (Wildman–Crippen LogP) is 3.07. The molecule has 1 aromatic carbocycles. The van der Waals surface area contributed by atoms with Crippen LogP contribution in [0.5, 0.6) is 0 Å². The van der Waals surface area contributed by atoms with E-state index in [0.29, 0.717) is 6.54 Å². The van der Waals surface area contributed by atoms with Crippen LogP contribution < -0.4 is 5.73 Å². The standard InChI is InChI=1S/C15H14N2/c16-10-13-14(12-6-2-1-3-7-12)11-17-9-5-4-8-15(13)17/h1-9,11H,10,16H2. The van der Waals surface area contributed by atoms with E-state index in [9.17, 15) is 0 Å². The minimum atomic E-state index is 0.560. The number of hydrogen-bond acceptors (Lipinski definition) is 1. The maximum atomic E-state index is 5.89. The average Bonchev–Trinajstić information content (AvgIpc) is 2.78. The predicted molar refractivity (Wildman–Crippen MR) is 70.7 cm³/mol. The van der Waals surface area contributed by atoms with Gasteiger partial charge in [0.1, 0.15) is 0 Å². The van der Waals surface area contributed by atoms with E-state index in [1.54, 1.807) is 0 Å². The molecule has 0 amide bonds. The fraction of sp³-hybridized carbons (Fsp3) is 0.0667. The van der Waals surface area contributed by atoms with Gasteiger partial charge in [-0.15, -0.1) is 0 Å². The molecule has 2 heteroatoms. The molecule has 3 rings (SSSR count). The molecule has 0 saturated carbocycles. The van der Waals surface area contributed by atoms with Crippen LogP contribution in [-0.2, 0) is 6.54 Å². The topological polar surface area (TPSA) is 30.4 Å². The van der Waals surface area contributed by atoms with E-state index in [-0.39, 0.29) is 0 Å². The Labute approximate surface area is 100 Å². The Balaban J connectivity index is 2.30. The van der Waals surface area contributed by atoms with E-state index < -0.39 is 0 Å². The fourth-order valence-electron chi connectivity index (χ4n) is 2.26. The summed E-state index contributed by atoms with van der Waals surface area (Å²) < 4.78 is 2.13. The molecule has 2 heterocycles. The number of aromatic nitrogens is 1. The van der Waals surface area contributed by atoms with E-state index in [4.69, 9.17) is 5.73 Å². The lowest BCUT2D eigenvalue weighted by molar-refractivity contribution is 1.08. The van der Waals surface area contributed by atoms with Gasteiger partial charge in [0.25, 0.3) is 0 Å². The molecular formula is C15H14N2. The molecule has 0 fully saturated rings. The first-order chi connectivity index (χ1) is 8.40. The summed E-state index contributed by atoms with van der Waals surface area (Å²) in [4.78, 5) is 0. The van der Waals surface area contributed by atoms with Crippen LogP contribution in [0.2, 0.25) is 0 Å². The van der Waals surface area contributed by atoms with Gasteiger partial charge in [-0.25, -0.2) is 0 Å². The van der Waals surface area contributed by atoms with Crippen LogP contribution in [0, 0.1) is 0 Å². The zero-order valence-corrected chi connectivity index (χ0v) is 9.51. The Kier molecular flexibility index (Phi) is 2.42. The molecule has 0 aliphatic rings. The molecule has 84 valence electrons. The van der Waals surface area contributed by atoms with Crippen molar-refractivity contribution in [2.45, 2.75) is 6.54 Å². The van der Waals surface area contributed by atoms with Crippen LogP contribution in [-0.4, -0.2) is 4.40 Å². The monoisotopic (exact) mass is 222 g/mol. The largest absolute Gasteiger partial charge is 0.326 e. The van der Waals surface area contributed by atoms with E-state index in [1.165, 1.54) is 22.2 Å². The maximum absolute atomic E-state index is 5.89. The van der Waals surface area contributed by atoms with Crippen LogP contribution in [0.25, 0.3) is 16.6 Å². The lowest BCUT2D eigenvalue weighted by Crippen LogP contribution is -1.97. The molecule has 2 N–H and O–H groups in total. The van der Waals surface area contributed by atoms with E-state index >= 15 is 0 Å². The van der Waals surface area contributed by atoms with Gasteiger partial charge in [-0.05, 0) is 23.3 Å². The second-order valence-electron chi connectivity index (χ2n) is 4.08. The van der Waals surface area contributed by atoms with Crippen molar-refractivity contribution in [3.05, 3.63) is 66.5 Å².